The fourth-order valence-electron chi connectivity index (χ4n) is 3.01. The standard InChI is InChI=1S/C15H17Cl2N/c1-8(2)9-3-4-14-10(5-9)11-6-12(16)13(17)7-15(11)18-14/h6-9,18H,3-5H2,1-2H3. The fraction of sp³-hybridized carbons (Fsp3) is 0.467. The molecule has 3 rings (SSSR count). The SMILES string of the molecule is CC(C)C1CCc2[nH]c3cc(Cl)c(Cl)cc3c2C1. The van der Waals surface area contributed by atoms with Gasteiger partial charge in [0.15, 0.2) is 0 Å². The van der Waals surface area contributed by atoms with E-state index in [0.29, 0.717) is 10.0 Å². The Hall–Kier alpha value is -0.660. The first-order valence-electron chi connectivity index (χ1n) is 6.54. The third-order valence-electron chi connectivity index (χ3n) is 4.21. The second kappa shape index (κ2) is 4.47. The van der Waals surface area contributed by atoms with Gasteiger partial charge < -0.3 is 4.98 Å². The van der Waals surface area contributed by atoms with Crippen LogP contribution in [0.5, 0.6) is 0 Å². The van der Waals surface area contributed by atoms with E-state index in [1.54, 1.807) is 0 Å². The van der Waals surface area contributed by atoms with E-state index in [0.717, 1.165) is 30.2 Å². The third kappa shape index (κ3) is 1.94. The van der Waals surface area contributed by atoms with E-state index in [1.165, 1.54) is 23.1 Å². The van der Waals surface area contributed by atoms with Crippen LogP contribution in [-0.2, 0) is 12.8 Å². The van der Waals surface area contributed by atoms with Crippen molar-refractivity contribution in [3.63, 3.8) is 0 Å². The van der Waals surface area contributed by atoms with E-state index < -0.39 is 0 Å². The van der Waals surface area contributed by atoms with Crippen LogP contribution < -0.4 is 0 Å². The molecule has 1 aliphatic rings. The molecular weight excluding hydrogens is 265 g/mol. The third-order valence-corrected chi connectivity index (χ3v) is 4.93. The summed E-state index contributed by atoms with van der Waals surface area (Å²) in [6.45, 7) is 4.63. The number of nitrogens with one attached hydrogen (secondary N) is 1. The Morgan fingerprint density at radius 3 is 2.67 bits per heavy atom. The van der Waals surface area contributed by atoms with Gasteiger partial charge in [-0.1, -0.05) is 37.0 Å². The highest BCUT2D eigenvalue weighted by molar-refractivity contribution is 6.42. The molecule has 1 unspecified atom stereocenters. The Kier molecular flexibility index (Phi) is 3.07. The van der Waals surface area contributed by atoms with Crippen LogP contribution in [0.4, 0.5) is 0 Å². The Morgan fingerprint density at radius 2 is 1.94 bits per heavy atom. The quantitative estimate of drug-likeness (QED) is 0.736. The smallest absolute Gasteiger partial charge is 0.0613 e. The van der Waals surface area contributed by atoms with E-state index in [9.17, 15) is 0 Å². The predicted molar refractivity (Wildman–Crippen MR) is 78.7 cm³/mol. The highest BCUT2D eigenvalue weighted by Crippen LogP contribution is 2.37. The lowest BCUT2D eigenvalue weighted by Crippen LogP contribution is -2.18. The van der Waals surface area contributed by atoms with Gasteiger partial charge in [0.05, 0.1) is 10.0 Å². The molecule has 0 aliphatic heterocycles. The maximum atomic E-state index is 6.14. The minimum atomic E-state index is 0.628. The lowest BCUT2D eigenvalue weighted by Gasteiger charge is -2.25. The summed E-state index contributed by atoms with van der Waals surface area (Å²) in [5.74, 6) is 1.52. The Balaban J connectivity index is 2.12. The molecule has 2 aromatic rings. The van der Waals surface area contributed by atoms with Crippen LogP contribution in [0.25, 0.3) is 10.9 Å². The van der Waals surface area contributed by atoms with Crippen molar-refractivity contribution < 1.29 is 0 Å². The van der Waals surface area contributed by atoms with Gasteiger partial charge in [0.2, 0.25) is 0 Å². The number of hydrogen-bond acceptors (Lipinski definition) is 0. The molecule has 1 aromatic heterocycles. The first kappa shape index (κ1) is 12.4. The van der Waals surface area contributed by atoms with Gasteiger partial charge in [-0.15, -0.1) is 0 Å². The predicted octanol–water partition coefficient (Wildman–Crippen LogP) is 5.24. The Bertz CT molecular complexity index is 598. The zero-order valence-corrected chi connectivity index (χ0v) is 12.2. The molecule has 0 saturated carbocycles. The van der Waals surface area contributed by atoms with Gasteiger partial charge in [0, 0.05) is 16.6 Å². The minimum absolute atomic E-state index is 0.628. The van der Waals surface area contributed by atoms with Gasteiger partial charge in [-0.3, -0.25) is 0 Å². The van der Waals surface area contributed by atoms with Crippen LogP contribution in [0, 0.1) is 11.8 Å². The summed E-state index contributed by atoms with van der Waals surface area (Å²) in [7, 11) is 0. The van der Waals surface area contributed by atoms with Crippen molar-refractivity contribution in [2.24, 2.45) is 11.8 Å². The molecule has 1 aromatic carbocycles. The highest BCUT2D eigenvalue weighted by atomic mass is 35.5. The maximum Gasteiger partial charge on any atom is 0.0613 e. The molecule has 1 N–H and O–H groups in total. The highest BCUT2D eigenvalue weighted by Gasteiger charge is 2.24. The first-order chi connectivity index (χ1) is 8.56. The number of H-pyrrole nitrogens is 1. The van der Waals surface area contributed by atoms with Crippen molar-refractivity contribution in [3.8, 4) is 0 Å². The molecule has 1 aliphatic carbocycles. The van der Waals surface area contributed by atoms with Crippen LogP contribution >= 0.6 is 23.2 Å². The van der Waals surface area contributed by atoms with Crippen molar-refractivity contribution in [2.75, 3.05) is 0 Å². The number of rotatable bonds is 1. The van der Waals surface area contributed by atoms with Gasteiger partial charge in [-0.25, -0.2) is 0 Å². The molecular formula is C15H17Cl2N. The van der Waals surface area contributed by atoms with E-state index in [-0.39, 0.29) is 0 Å². The summed E-state index contributed by atoms with van der Waals surface area (Å²) >= 11 is 12.2. The molecule has 0 spiro atoms. The number of fused-ring (bicyclic) bond motifs is 3. The zero-order valence-electron chi connectivity index (χ0n) is 10.7. The lowest BCUT2D eigenvalue weighted by molar-refractivity contribution is 0.342. The average molecular weight is 282 g/mol. The van der Waals surface area contributed by atoms with Crippen LogP contribution in [0.1, 0.15) is 31.5 Å². The number of halogens is 2. The molecule has 18 heavy (non-hydrogen) atoms. The second-order valence-corrected chi connectivity index (χ2v) is 6.46. The molecule has 3 heteroatoms. The Labute approximate surface area is 117 Å². The van der Waals surface area contributed by atoms with Gasteiger partial charge >= 0.3 is 0 Å². The summed E-state index contributed by atoms with van der Waals surface area (Å²) in [5.41, 5.74) is 3.95. The van der Waals surface area contributed by atoms with Crippen molar-refractivity contribution in [2.45, 2.75) is 33.1 Å². The van der Waals surface area contributed by atoms with E-state index in [2.05, 4.69) is 18.8 Å². The van der Waals surface area contributed by atoms with Gasteiger partial charge in [-0.05, 0) is 48.8 Å². The first-order valence-corrected chi connectivity index (χ1v) is 7.30. The number of aromatic nitrogens is 1. The van der Waals surface area contributed by atoms with Gasteiger partial charge in [0.1, 0.15) is 0 Å². The van der Waals surface area contributed by atoms with Crippen molar-refractivity contribution in [1.82, 2.24) is 4.98 Å². The van der Waals surface area contributed by atoms with Crippen molar-refractivity contribution in [3.05, 3.63) is 33.4 Å². The van der Waals surface area contributed by atoms with Crippen LogP contribution in [0.2, 0.25) is 10.0 Å². The molecule has 1 atom stereocenters. The van der Waals surface area contributed by atoms with Gasteiger partial charge in [0.25, 0.3) is 0 Å². The molecule has 0 saturated heterocycles. The minimum Gasteiger partial charge on any atom is -0.358 e. The lowest BCUT2D eigenvalue weighted by atomic mass is 9.80. The zero-order chi connectivity index (χ0) is 12.9. The summed E-state index contributed by atoms with van der Waals surface area (Å²) < 4.78 is 0. The molecule has 0 amide bonds. The second-order valence-electron chi connectivity index (χ2n) is 5.64. The summed E-state index contributed by atoms with van der Waals surface area (Å²) in [6, 6.07) is 3.96. The topological polar surface area (TPSA) is 15.8 Å². The largest absolute Gasteiger partial charge is 0.358 e. The van der Waals surface area contributed by atoms with E-state index in [4.69, 9.17) is 23.2 Å². The molecule has 1 heterocycles. The summed E-state index contributed by atoms with van der Waals surface area (Å²) in [5, 5.41) is 2.53. The average Bonchev–Trinajstić information content (AvgIpc) is 2.66. The number of aryl methyl sites for hydroxylation is 1. The van der Waals surface area contributed by atoms with Crippen LogP contribution in [0.3, 0.4) is 0 Å². The molecule has 0 bridgehead atoms. The maximum absolute atomic E-state index is 6.14. The van der Waals surface area contributed by atoms with E-state index in [1.807, 2.05) is 12.1 Å². The summed E-state index contributed by atoms with van der Waals surface area (Å²) in [6.07, 6.45) is 3.58. The van der Waals surface area contributed by atoms with Crippen molar-refractivity contribution in [1.29, 1.82) is 0 Å². The Morgan fingerprint density at radius 1 is 1.22 bits per heavy atom. The van der Waals surface area contributed by atoms with Crippen LogP contribution in [0.15, 0.2) is 12.1 Å². The molecule has 0 fully saturated rings. The summed E-state index contributed by atoms with van der Waals surface area (Å²) in [4.78, 5) is 3.50. The fourth-order valence-corrected chi connectivity index (χ4v) is 3.34. The van der Waals surface area contributed by atoms with Gasteiger partial charge in [-0.2, -0.15) is 0 Å². The molecule has 96 valence electrons. The van der Waals surface area contributed by atoms with E-state index >= 15 is 0 Å². The van der Waals surface area contributed by atoms with Crippen molar-refractivity contribution >= 4 is 34.1 Å². The number of hydrogen-bond donors (Lipinski definition) is 1. The normalized spacial score (nSPS) is 19.5. The monoisotopic (exact) mass is 281 g/mol. The molecule has 1 nitrogen and oxygen atoms in total. The molecule has 0 radical (unpaired) electrons. The number of benzene rings is 1. The number of aromatic amines is 1. The van der Waals surface area contributed by atoms with Crippen LogP contribution in [-0.4, -0.2) is 4.98 Å².